The number of nitrogens with zero attached hydrogens (tertiary/aromatic N) is 1. The minimum Gasteiger partial charge on any atom is -0.489 e. The maximum atomic E-state index is 13.9. The molecule has 0 bridgehead atoms. The number of thiazole rings is 1. The topological polar surface area (TPSA) is 52.3 Å². The maximum absolute atomic E-state index is 13.9. The molecule has 0 unspecified atom stereocenters. The van der Waals surface area contributed by atoms with Gasteiger partial charge in [0.1, 0.15) is 22.9 Å². The second-order valence-corrected chi connectivity index (χ2v) is 8.25. The molecule has 10 heteroatoms. The molecule has 5 rings (SSSR count). The van der Waals surface area contributed by atoms with Crippen molar-refractivity contribution in [2.75, 3.05) is 0 Å². The van der Waals surface area contributed by atoms with Crippen LogP contribution in [0.1, 0.15) is 5.56 Å². The van der Waals surface area contributed by atoms with Crippen LogP contribution in [0.2, 0.25) is 0 Å². The van der Waals surface area contributed by atoms with E-state index in [2.05, 4.69) is 4.98 Å². The van der Waals surface area contributed by atoms with E-state index >= 15 is 0 Å². The summed E-state index contributed by atoms with van der Waals surface area (Å²) in [5.41, 5.74) is 0.186. The molecule has 4 nitrogen and oxygen atoms in total. The van der Waals surface area contributed by atoms with Crippen LogP contribution in [-0.2, 0) is 6.61 Å². The molecule has 0 N–H and O–H groups in total. The van der Waals surface area contributed by atoms with E-state index in [9.17, 15) is 26.7 Å². The highest BCUT2D eigenvalue weighted by atomic mass is 32.1. The minimum atomic E-state index is -2.25. The lowest BCUT2D eigenvalue weighted by atomic mass is 10.1. The summed E-state index contributed by atoms with van der Waals surface area (Å²) >= 11 is 1.28. The van der Waals surface area contributed by atoms with Crippen LogP contribution < -0.4 is 10.4 Å². The van der Waals surface area contributed by atoms with Gasteiger partial charge in [-0.15, -0.1) is 11.3 Å². The molecule has 35 heavy (non-hydrogen) atoms. The van der Waals surface area contributed by atoms with Crippen LogP contribution in [0.15, 0.2) is 69.2 Å². The average Bonchev–Trinajstić information content (AvgIpc) is 3.36. The number of ether oxygens (including phenoxy) is 1. The fourth-order valence-corrected chi connectivity index (χ4v) is 4.23. The van der Waals surface area contributed by atoms with E-state index in [1.165, 1.54) is 29.5 Å². The SMILES string of the molecule is O=c1oc2cc(OCc3c(F)c(F)c(F)c(F)c3F)ccc2cc1-c1nc(-c2ccccc2)cs1. The Balaban J connectivity index is 1.42. The van der Waals surface area contributed by atoms with Gasteiger partial charge < -0.3 is 9.15 Å². The fourth-order valence-electron chi connectivity index (χ4n) is 3.40. The van der Waals surface area contributed by atoms with Gasteiger partial charge >= 0.3 is 5.63 Å². The van der Waals surface area contributed by atoms with Gasteiger partial charge in [-0.05, 0) is 18.2 Å². The molecule has 0 amide bonds. The minimum absolute atomic E-state index is 0.00189. The van der Waals surface area contributed by atoms with Crippen molar-refractivity contribution in [2.45, 2.75) is 6.61 Å². The molecule has 3 aromatic carbocycles. The zero-order valence-corrected chi connectivity index (χ0v) is 18.3. The molecule has 0 radical (unpaired) electrons. The lowest BCUT2D eigenvalue weighted by Crippen LogP contribution is -2.10. The first-order valence-electron chi connectivity index (χ1n) is 10.1. The summed E-state index contributed by atoms with van der Waals surface area (Å²) in [5.74, 6) is -10.3. The van der Waals surface area contributed by atoms with Gasteiger partial charge in [-0.25, -0.2) is 31.7 Å². The Morgan fingerprint density at radius 1 is 0.857 bits per heavy atom. The van der Waals surface area contributed by atoms with Crippen LogP contribution in [0.3, 0.4) is 0 Å². The predicted molar refractivity (Wildman–Crippen MR) is 120 cm³/mol. The monoisotopic (exact) mass is 501 g/mol. The molecule has 0 fully saturated rings. The average molecular weight is 501 g/mol. The van der Waals surface area contributed by atoms with Gasteiger partial charge in [0.15, 0.2) is 23.3 Å². The van der Waals surface area contributed by atoms with Crippen molar-refractivity contribution >= 4 is 22.3 Å². The van der Waals surface area contributed by atoms with Gasteiger partial charge in [0, 0.05) is 22.4 Å². The number of hydrogen-bond acceptors (Lipinski definition) is 5. The number of rotatable bonds is 5. The quantitative estimate of drug-likeness (QED) is 0.114. The zero-order chi connectivity index (χ0) is 24.7. The third kappa shape index (κ3) is 4.17. The number of fused-ring (bicyclic) bond motifs is 1. The molecule has 2 aromatic heterocycles. The molecule has 0 saturated heterocycles. The molecule has 0 aliphatic heterocycles. The first-order chi connectivity index (χ1) is 16.8. The van der Waals surface area contributed by atoms with Crippen LogP contribution in [0, 0.1) is 29.1 Å². The summed E-state index contributed by atoms with van der Waals surface area (Å²) in [6.45, 7) is -0.930. The highest BCUT2D eigenvalue weighted by Gasteiger charge is 2.26. The van der Waals surface area contributed by atoms with Crippen molar-refractivity contribution in [2.24, 2.45) is 0 Å². The molecular formula is C25H12F5NO3S. The van der Waals surface area contributed by atoms with Gasteiger partial charge in [0.05, 0.1) is 16.8 Å². The molecule has 176 valence electrons. The summed E-state index contributed by atoms with van der Waals surface area (Å²) in [7, 11) is 0. The van der Waals surface area contributed by atoms with E-state index in [4.69, 9.17) is 9.15 Å². The van der Waals surface area contributed by atoms with Crippen molar-refractivity contribution in [3.8, 4) is 27.6 Å². The second kappa shape index (κ2) is 8.95. The van der Waals surface area contributed by atoms with E-state index in [0.29, 0.717) is 16.1 Å². The summed E-state index contributed by atoms with van der Waals surface area (Å²) in [6.07, 6.45) is 0. The van der Waals surface area contributed by atoms with Crippen LogP contribution in [-0.4, -0.2) is 4.98 Å². The predicted octanol–water partition coefficient (Wildman–Crippen LogP) is 6.86. The largest absolute Gasteiger partial charge is 0.489 e. The Bertz CT molecular complexity index is 1600. The van der Waals surface area contributed by atoms with Gasteiger partial charge in [-0.3, -0.25) is 0 Å². The van der Waals surface area contributed by atoms with Crippen LogP contribution in [0.5, 0.6) is 5.75 Å². The third-order valence-electron chi connectivity index (χ3n) is 5.20. The number of halogens is 5. The molecule has 0 aliphatic carbocycles. The summed E-state index contributed by atoms with van der Waals surface area (Å²) < 4.78 is 78.3. The van der Waals surface area contributed by atoms with Gasteiger partial charge in [-0.2, -0.15) is 0 Å². The van der Waals surface area contributed by atoms with Gasteiger partial charge in [0.2, 0.25) is 5.82 Å². The van der Waals surface area contributed by atoms with Gasteiger partial charge in [-0.1, -0.05) is 30.3 Å². The van der Waals surface area contributed by atoms with Gasteiger partial charge in [0.25, 0.3) is 0 Å². The molecule has 2 heterocycles. The standard InChI is InChI=1S/C25H12F5NO3S/c26-19-16(20(27)22(29)23(30)21(19)28)10-33-14-7-6-13-8-15(25(32)34-18(13)9-14)24-31-17(11-35-24)12-4-2-1-3-5-12/h1-9,11H,10H2. The van der Waals surface area contributed by atoms with Crippen LogP contribution in [0.25, 0.3) is 32.8 Å². The Kier molecular flexibility index (Phi) is 5.81. The van der Waals surface area contributed by atoms with Crippen molar-refractivity contribution in [3.63, 3.8) is 0 Å². The van der Waals surface area contributed by atoms with Crippen molar-refractivity contribution in [1.29, 1.82) is 0 Å². The molecule has 5 aromatic rings. The van der Waals surface area contributed by atoms with Crippen LogP contribution in [0.4, 0.5) is 22.0 Å². The summed E-state index contributed by atoms with van der Waals surface area (Å²) in [5, 5.41) is 2.80. The number of hydrogen-bond donors (Lipinski definition) is 0. The summed E-state index contributed by atoms with van der Waals surface area (Å²) in [6, 6.07) is 15.2. The van der Waals surface area contributed by atoms with Crippen molar-refractivity contribution < 1.29 is 31.1 Å². The van der Waals surface area contributed by atoms with E-state index in [1.54, 1.807) is 6.07 Å². The fraction of sp³-hybridized carbons (Fsp3) is 0.0400. The molecule has 0 spiro atoms. The zero-order valence-electron chi connectivity index (χ0n) is 17.5. The molecule has 0 atom stereocenters. The Labute approximate surface area is 197 Å². The molecule has 0 aliphatic rings. The van der Waals surface area contributed by atoms with Crippen LogP contribution >= 0.6 is 11.3 Å². The van der Waals surface area contributed by atoms with Crippen molar-refractivity contribution in [3.05, 3.63) is 105 Å². The Morgan fingerprint density at radius 3 is 2.26 bits per heavy atom. The molecule has 0 saturated carbocycles. The first-order valence-corrected chi connectivity index (χ1v) is 10.9. The lowest BCUT2D eigenvalue weighted by molar-refractivity contribution is 0.279. The smallest absolute Gasteiger partial charge is 0.346 e. The lowest BCUT2D eigenvalue weighted by Gasteiger charge is -2.10. The Hall–Kier alpha value is -4.05. The van der Waals surface area contributed by atoms with Crippen molar-refractivity contribution in [1.82, 2.24) is 4.98 Å². The van der Waals surface area contributed by atoms with E-state index in [0.717, 1.165) is 5.56 Å². The maximum Gasteiger partial charge on any atom is 0.346 e. The number of aromatic nitrogens is 1. The van der Waals surface area contributed by atoms with E-state index in [1.807, 2.05) is 35.7 Å². The normalized spacial score (nSPS) is 11.2. The van der Waals surface area contributed by atoms with E-state index < -0.39 is 46.9 Å². The number of benzene rings is 3. The summed E-state index contributed by atoms with van der Waals surface area (Å²) in [4.78, 5) is 17.1. The Morgan fingerprint density at radius 2 is 1.54 bits per heavy atom. The third-order valence-corrected chi connectivity index (χ3v) is 6.07. The molecular weight excluding hydrogens is 489 g/mol. The highest BCUT2D eigenvalue weighted by Crippen LogP contribution is 2.30. The first kappa shape index (κ1) is 22.7. The van der Waals surface area contributed by atoms with E-state index in [-0.39, 0.29) is 16.9 Å². The second-order valence-electron chi connectivity index (χ2n) is 7.39. The highest BCUT2D eigenvalue weighted by molar-refractivity contribution is 7.13.